The van der Waals surface area contributed by atoms with Gasteiger partial charge in [-0.3, -0.25) is 4.90 Å². The fourth-order valence-corrected chi connectivity index (χ4v) is 5.00. The van der Waals surface area contributed by atoms with Gasteiger partial charge in [0, 0.05) is 32.0 Å². The van der Waals surface area contributed by atoms with Gasteiger partial charge in [-0.05, 0) is 45.1 Å². The molecule has 1 N–H and O–H groups in total. The number of nitrogens with zero attached hydrogens (tertiary/aromatic N) is 4. The van der Waals surface area contributed by atoms with Gasteiger partial charge in [-0.25, -0.2) is 0 Å². The van der Waals surface area contributed by atoms with Gasteiger partial charge in [-0.2, -0.15) is 0 Å². The monoisotopic (exact) mass is 332 g/mol. The van der Waals surface area contributed by atoms with Crippen LogP contribution >= 0.6 is 0 Å². The van der Waals surface area contributed by atoms with Crippen LogP contribution in [0, 0.1) is 0 Å². The maximum atomic E-state index is 10.9. The largest absolute Gasteiger partial charge is 0.389 e. The van der Waals surface area contributed by atoms with E-state index >= 15 is 0 Å². The molecule has 134 valence electrons. The van der Waals surface area contributed by atoms with Gasteiger partial charge in [-0.15, -0.1) is 10.2 Å². The zero-order chi connectivity index (χ0) is 16.4. The molecule has 0 radical (unpaired) electrons. The molecular formula is C19H32N4O. The highest BCUT2D eigenvalue weighted by molar-refractivity contribution is 5.06. The molecular weight excluding hydrogens is 300 g/mol. The molecule has 5 nitrogen and oxygen atoms in total. The number of β-amino-alcohol motifs (C(OH)–C–C–N with tert-alkyl or cyclic N) is 1. The molecule has 3 heterocycles. The summed E-state index contributed by atoms with van der Waals surface area (Å²) in [6.45, 7) is 4.11. The van der Waals surface area contributed by atoms with E-state index in [1.165, 1.54) is 63.0 Å². The molecule has 1 saturated carbocycles. The Balaban J connectivity index is 1.44. The summed E-state index contributed by atoms with van der Waals surface area (Å²) in [7, 11) is 0. The molecule has 1 aliphatic carbocycles. The average Bonchev–Trinajstić information content (AvgIpc) is 2.84. The summed E-state index contributed by atoms with van der Waals surface area (Å²) >= 11 is 0. The van der Waals surface area contributed by atoms with Crippen molar-refractivity contribution >= 4 is 0 Å². The van der Waals surface area contributed by atoms with Crippen molar-refractivity contribution in [2.24, 2.45) is 0 Å². The van der Waals surface area contributed by atoms with Gasteiger partial charge in [-0.1, -0.05) is 25.7 Å². The van der Waals surface area contributed by atoms with Gasteiger partial charge >= 0.3 is 0 Å². The van der Waals surface area contributed by atoms with E-state index in [9.17, 15) is 5.11 Å². The minimum absolute atomic E-state index is 0.443. The predicted octanol–water partition coefficient (Wildman–Crippen LogP) is 2.88. The molecule has 2 aliphatic heterocycles. The highest BCUT2D eigenvalue weighted by atomic mass is 16.3. The fraction of sp³-hybridized carbons (Fsp3) is 0.895. The van der Waals surface area contributed by atoms with Crippen LogP contribution in [-0.2, 0) is 13.0 Å². The average molecular weight is 332 g/mol. The molecule has 0 spiro atoms. The third kappa shape index (κ3) is 3.52. The summed E-state index contributed by atoms with van der Waals surface area (Å²) < 4.78 is 2.41. The lowest BCUT2D eigenvalue weighted by Crippen LogP contribution is -2.47. The van der Waals surface area contributed by atoms with Crippen LogP contribution in [0.1, 0.15) is 81.8 Å². The number of hydrogen-bond acceptors (Lipinski definition) is 4. The maximum absolute atomic E-state index is 10.9. The van der Waals surface area contributed by atoms with Crippen LogP contribution in [0.3, 0.4) is 0 Å². The highest BCUT2D eigenvalue weighted by Gasteiger charge is 2.34. The lowest BCUT2D eigenvalue weighted by Gasteiger charge is -2.40. The zero-order valence-electron chi connectivity index (χ0n) is 14.9. The Morgan fingerprint density at radius 2 is 1.79 bits per heavy atom. The SMILES string of the molecule is OC1(CN2CCCC(c3nnc4n3CCCCC4)C2)CCCCC1. The number of fused-ring (bicyclic) bond motifs is 1. The summed E-state index contributed by atoms with van der Waals surface area (Å²) in [5, 5.41) is 20.0. The molecule has 24 heavy (non-hydrogen) atoms. The van der Waals surface area contributed by atoms with Crippen LogP contribution in [0.25, 0.3) is 0 Å². The highest BCUT2D eigenvalue weighted by Crippen LogP contribution is 2.32. The first-order chi connectivity index (χ1) is 11.7. The van der Waals surface area contributed by atoms with Crippen LogP contribution in [0.15, 0.2) is 0 Å². The Labute approximate surface area is 145 Å². The van der Waals surface area contributed by atoms with Gasteiger partial charge < -0.3 is 9.67 Å². The van der Waals surface area contributed by atoms with Gasteiger partial charge in [0.1, 0.15) is 11.6 Å². The first-order valence-corrected chi connectivity index (χ1v) is 10.1. The van der Waals surface area contributed by atoms with Gasteiger partial charge in [0.05, 0.1) is 5.60 Å². The van der Waals surface area contributed by atoms with Crippen molar-refractivity contribution in [3.8, 4) is 0 Å². The molecule has 0 aromatic carbocycles. The Morgan fingerprint density at radius 1 is 0.958 bits per heavy atom. The summed E-state index contributed by atoms with van der Waals surface area (Å²) in [6, 6.07) is 0. The molecule has 3 aliphatic rings. The van der Waals surface area contributed by atoms with E-state index in [4.69, 9.17) is 0 Å². The molecule has 4 rings (SSSR count). The quantitative estimate of drug-likeness (QED) is 0.925. The molecule has 0 bridgehead atoms. The number of piperidine rings is 1. The third-order valence-electron chi connectivity index (χ3n) is 6.31. The lowest BCUT2D eigenvalue weighted by atomic mass is 9.83. The van der Waals surface area contributed by atoms with Crippen LogP contribution in [0.4, 0.5) is 0 Å². The minimum Gasteiger partial charge on any atom is -0.389 e. The summed E-state index contributed by atoms with van der Waals surface area (Å²) in [6.07, 6.45) is 13.0. The van der Waals surface area contributed by atoms with E-state index in [1.807, 2.05) is 0 Å². The van der Waals surface area contributed by atoms with E-state index < -0.39 is 5.60 Å². The molecule has 5 heteroatoms. The van der Waals surface area contributed by atoms with Crippen molar-refractivity contribution in [2.75, 3.05) is 19.6 Å². The zero-order valence-corrected chi connectivity index (χ0v) is 14.9. The van der Waals surface area contributed by atoms with Crippen molar-refractivity contribution in [3.05, 3.63) is 11.6 Å². The molecule has 1 saturated heterocycles. The number of aliphatic hydroxyl groups is 1. The Bertz CT molecular complexity index is 550. The molecule has 1 atom stereocenters. The lowest BCUT2D eigenvalue weighted by molar-refractivity contribution is -0.0316. The number of aromatic nitrogens is 3. The number of likely N-dealkylation sites (tertiary alicyclic amines) is 1. The topological polar surface area (TPSA) is 54.2 Å². The van der Waals surface area contributed by atoms with E-state index in [-0.39, 0.29) is 0 Å². The minimum atomic E-state index is -0.443. The van der Waals surface area contributed by atoms with Crippen molar-refractivity contribution in [1.29, 1.82) is 0 Å². The summed E-state index contributed by atoms with van der Waals surface area (Å²) in [4.78, 5) is 2.50. The predicted molar refractivity (Wildman–Crippen MR) is 94.0 cm³/mol. The summed E-state index contributed by atoms with van der Waals surface area (Å²) in [5.41, 5.74) is -0.443. The smallest absolute Gasteiger partial charge is 0.137 e. The van der Waals surface area contributed by atoms with Crippen molar-refractivity contribution in [2.45, 2.75) is 88.7 Å². The van der Waals surface area contributed by atoms with E-state index in [0.717, 1.165) is 45.4 Å². The number of hydrogen-bond donors (Lipinski definition) is 1. The Morgan fingerprint density at radius 3 is 2.67 bits per heavy atom. The Kier molecular flexibility index (Phi) is 4.90. The third-order valence-corrected chi connectivity index (χ3v) is 6.31. The Hall–Kier alpha value is -0.940. The second kappa shape index (κ2) is 7.12. The van der Waals surface area contributed by atoms with Crippen LogP contribution in [-0.4, -0.2) is 50.0 Å². The van der Waals surface area contributed by atoms with Gasteiger partial charge in [0.2, 0.25) is 0 Å². The standard InChI is InChI=1S/C19H32N4O/c24-19(10-4-2-5-11-19)15-22-12-7-8-16(14-22)18-21-20-17-9-3-1-6-13-23(17)18/h16,24H,1-15H2. The van der Waals surface area contributed by atoms with Gasteiger partial charge in [0.25, 0.3) is 0 Å². The second-order valence-corrected chi connectivity index (χ2v) is 8.30. The van der Waals surface area contributed by atoms with Crippen molar-refractivity contribution in [1.82, 2.24) is 19.7 Å². The number of aryl methyl sites for hydroxylation is 1. The molecule has 1 unspecified atom stereocenters. The van der Waals surface area contributed by atoms with E-state index in [1.54, 1.807) is 0 Å². The van der Waals surface area contributed by atoms with E-state index in [0.29, 0.717) is 5.92 Å². The van der Waals surface area contributed by atoms with Gasteiger partial charge in [0.15, 0.2) is 0 Å². The summed E-state index contributed by atoms with van der Waals surface area (Å²) in [5.74, 6) is 2.91. The van der Waals surface area contributed by atoms with Crippen LogP contribution in [0.5, 0.6) is 0 Å². The van der Waals surface area contributed by atoms with Crippen molar-refractivity contribution < 1.29 is 5.11 Å². The van der Waals surface area contributed by atoms with Crippen LogP contribution < -0.4 is 0 Å². The molecule has 2 fully saturated rings. The second-order valence-electron chi connectivity index (χ2n) is 8.30. The van der Waals surface area contributed by atoms with Crippen LogP contribution in [0.2, 0.25) is 0 Å². The maximum Gasteiger partial charge on any atom is 0.137 e. The van der Waals surface area contributed by atoms with Crippen molar-refractivity contribution in [3.63, 3.8) is 0 Å². The molecule has 0 amide bonds. The normalized spacial score (nSPS) is 28.3. The fourth-order valence-electron chi connectivity index (χ4n) is 5.00. The number of rotatable bonds is 3. The first-order valence-electron chi connectivity index (χ1n) is 10.1. The molecule has 1 aromatic rings. The molecule has 1 aromatic heterocycles. The van der Waals surface area contributed by atoms with E-state index in [2.05, 4.69) is 19.7 Å². The first kappa shape index (κ1) is 16.5.